The molecule has 0 fully saturated rings. The number of ether oxygens (including phenoxy) is 3. The summed E-state index contributed by atoms with van der Waals surface area (Å²) in [5.41, 5.74) is 3.37. The first kappa shape index (κ1) is 17.7. The fourth-order valence-corrected chi connectivity index (χ4v) is 3.11. The Bertz CT molecular complexity index is 878. The van der Waals surface area contributed by atoms with E-state index < -0.39 is 5.97 Å². The first-order chi connectivity index (χ1) is 12.6. The van der Waals surface area contributed by atoms with Crippen molar-refractivity contribution in [2.24, 2.45) is 0 Å². The number of hydrogen-bond donors (Lipinski definition) is 0. The lowest BCUT2D eigenvalue weighted by molar-refractivity contribution is -0.142. The van der Waals surface area contributed by atoms with Crippen molar-refractivity contribution < 1.29 is 23.8 Å². The van der Waals surface area contributed by atoms with E-state index in [1.807, 2.05) is 36.4 Å². The summed E-state index contributed by atoms with van der Waals surface area (Å²) in [5.74, 6) is 0.739. The van der Waals surface area contributed by atoms with Crippen LogP contribution in [0.25, 0.3) is 5.57 Å². The molecule has 0 saturated heterocycles. The molecule has 5 heteroatoms. The van der Waals surface area contributed by atoms with Gasteiger partial charge in [0.1, 0.15) is 11.5 Å². The zero-order valence-electron chi connectivity index (χ0n) is 15.0. The van der Waals surface area contributed by atoms with E-state index in [4.69, 9.17) is 14.2 Å². The molecule has 134 valence electrons. The molecule has 0 N–H and O–H groups in total. The fourth-order valence-electron chi connectivity index (χ4n) is 3.11. The zero-order valence-corrected chi connectivity index (χ0v) is 15.0. The van der Waals surface area contributed by atoms with E-state index in [1.165, 1.54) is 0 Å². The average molecular weight is 352 g/mol. The molecule has 0 aromatic heterocycles. The molecule has 1 aliphatic carbocycles. The molecule has 0 radical (unpaired) electrons. The molecule has 0 heterocycles. The molecular weight excluding hydrogens is 332 g/mol. The molecule has 26 heavy (non-hydrogen) atoms. The molecule has 0 amide bonds. The number of methoxy groups -OCH3 is 2. The highest BCUT2D eigenvalue weighted by Crippen LogP contribution is 2.40. The van der Waals surface area contributed by atoms with Crippen LogP contribution in [0.5, 0.6) is 11.5 Å². The minimum atomic E-state index is -0.415. The molecule has 0 spiro atoms. The van der Waals surface area contributed by atoms with Crippen molar-refractivity contribution in [2.45, 2.75) is 13.3 Å². The van der Waals surface area contributed by atoms with Gasteiger partial charge in [-0.05, 0) is 54.0 Å². The van der Waals surface area contributed by atoms with Crippen LogP contribution in [-0.2, 0) is 9.53 Å². The maximum Gasteiger partial charge on any atom is 0.310 e. The third-order valence-corrected chi connectivity index (χ3v) is 4.32. The quantitative estimate of drug-likeness (QED) is 0.743. The van der Waals surface area contributed by atoms with Gasteiger partial charge in [-0.15, -0.1) is 0 Å². The first-order valence-corrected chi connectivity index (χ1v) is 8.35. The number of esters is 1. The van der Waals surface area contributed by atoms with Crippen molar-refractivity contribution in [2.75, 3.05) is 20.8 Å². The molecule has 0 unspecified atom stereocenters. The minimum absolute atomic E-state index is 0.0645. The average Bonchev–Trinajstić information content (AvgIpc) is 2.93. The van der Waals surface area contributed by atoms with Gasteiger partial charge in [0.25, 0.3) is 0 Å². The monoisotopic (exact) mass is 352 g/mol. The fraction of sp³-hybridized carbons (Fsp3) is 0.238. The van der Waals surface area contributed by atoms with Gasteiger partial charge < -0.3 is 14.2 Å². The van der Waals surface area contributed by atoms with Gasteiger partial charge in [0.15, 0.2) is 5.78 Å². The summed E-state index contributed by atoms with van der Waals surface area (Å²) in [6, 6.07) is 12.8. The number of Topliss-reactive ketones (excluding diaryl/α,β-unsaturated/α-hetero) is 1. The first-order valence-electron chi connectivity index (χ1n) is 8.35. The maximum atomic E-state index is 13.0. The topological polar surface area (TPSA) is 61.8 Å². The van der Waals surface area contributed by atoms with Crippen LogP contribution in [0.4, 0.5) is 0 Å². The van der Waals surface area contributed by atoms with Crippen LogP contribution < -0.4 is 9.47 Å². The molecule has 2 aromatic carbocycles. The molecular formula is C21H20O5. The Hall–Kier alpha value is -3.08. The van der Waals surface area contributed by atoms with Gasteiger partial charge in [0.2, 0.25) is 0 Å². The highest BCUT2D eigenvalue weighted by Gasteiger charge is 2.32. The number of carbonyl (C=O) groups is 2. The molecule has 0 atom stereocenters. The second kappa shape index (κ2) is 7.44. The van der Waals surface area contributed by atoms with E-state index in [2.05, 4.69) is 0 Å². The van der Waals surface area contributed by atoms with Crippen molar-refractivity contribution in [1.29, 1.82) is 0 Å². The van der Waals surface area contributed by atoms with E-state index in [-0.39, 0.29) is 18.8 Å². The van der Waals surface area contributed by atoms with Gasteiger partial charge in [-0.2, -0.15) is 0 Å². The molecule has 1 aliphatic rings. The molecule has 0 saturated carbocycles. The smallest absolute Gasteiger partial charge is 0.310 e. The highest BCUT2D eigenvalue weighted by atomic mass is 16.5. The Morgan fingerprint density at radius 1 is 0.923 bits per heavy atom. The number of rotatable bonds is 6. The lowest BCUT2D eigenvalue weighted by atomic mass is 9.96. The molecule has 0 bridgehead atoms. The Morgan fingerprint density at radius 2 is 1.58 bits per heavy atom. The Kier molecular flexibility index (Phi) is 5.07. The van der Waals surface area contributed by atoms with Crippen molar-refractivity contribution >= 4 is 17.3 Å². The summed E-state index contributed by atoms with van der Waals surface area (Å²) in [7, 11) is 3.15. The van der Waals surface area contributed by atoms with Gasteiger partial charge in [-0.25, -0.2) is 0 Å². The van der Waals surface area contributed by atoms with Gasteiger partial charge in [0, 0.05) is 11.1 Å². The number of benzene rings is 2. The van der Waals surface area contributed by atoms with E-state index in [9.17, 15) is 9.59 Å². The second-order valence-corrected chi connectivity index (χ2v) is 5.80. The minimum Gasteiger partial charge on any atom is -0.497 e. The number of hydrogen-bond acceptors (Lipinski definition) is 5. The summed E-state index contributed by atoms with van der Waals surface area (Å²) in [4.78, 5) is 25.0. The van der Waals surface area contributed by atoms with Crippen LogP contribution in [0.15, 0.2) is 48.0 Å². The van der Waals surface area contributed by atoms with Gasteiger partial charge in [0.05, 0.1) is 27.2 Å². The molecule has 5 nitrogen and oxygen atoms in total. The molecule has 2 aromatic rings. The van der Waals surface area contributed by atoms with Gasteiger partial charge in [-0.3, -0.25) is 9.59 Å². The molecule has 3 rings (SSSR count). The largest absolute Gasteiger partial charge is 0.497 e. The third-order valence-electron chi connectivity index (χ3n) is 4.32. The summed E-state index contributed by atoms with van der Waals surface area (Å²) < 4.78 is 15.5. The Balaban J connectivity index is 2.12. The highest BCUT2D eigenvalue weighted by molar-refractivity contribution is 6.24. The summed E-state index contributed by atoms with van der Waals surface area (Å²) in [5, 5.41) is 0. The van der Waals surface area contributed by atoms with E-state index in [0.717, 1.165) is 22.4 Å². The lowest BCUT2D eigenvalue weighted by Crippen LogP contribution is -2.09. The van der Waals surface area contributed by atoms with Gasteiger partial charge in [-0.1, -0.05) is 12.1 Å². The zero-order chi connectivity index (χ0) is 18.7. The van der Waals surface area contributed by atoms with Crippen molar-refractivity contribution in [3.63, 3.8) is 0 Å². The van der Waals surface area contributed by atoms with Crippen LogP contribution in [0, 0.1) is 0 Å². The number of fused-ring (bicyclic) bond motifs is 1. The van der Waals surface area contributed by atoms with Crippen molar-refractivity contribution in [3.8, 4) is 11.5 Å². The van der Waals surface area contributed by atoms with Crippen LogP contribution in [0.3, 0.4) is 0 Å². The van der Waals surface area contributed by atoms with Crippen LogP contribution in [-0.4, -0.2) is 32.6 Å². The summed E-state index contributed by atoms with van der Waals surface area (Å²) in [6.07, 6.45) is -0.0645. The molecule has 0 aliphatic heterocycles. The third kappa shape index (κ3) is 3.20. The normalized spacial score (nSPS) is 12.8. The second-order valence-electron chi connectivity index (χ2n) is 5.80. The van der Waals surface area contributed by atoms with E-state index >= 15 is 0 Å². The predicted octanol–water partition coefficient (Wildman–Crippen LogP) is 3.66. The summed E-state index contributed by atoms with van der Waals surface area (Å²) >= 11 is 0. The Morgan fingerprint density at radius 3 is 2.19 bits per heavy atom. The van der Waals surface area contributed by atoms with Crippen LogP contribution in [0.1, 0.15) is 34.8 Å². The number of ketones is 1. The van der Waals surface area contributed by atoms with Crippen LogP contribution in [0.2, 0.25) is 0 Å². The Labute approximate surface area is 152 Å². The van der Waals surface area contributed by atoms with Crippen LogP contribution >= 0.6 is 0 Å². The van der Waals surface area contributed by atoms with Gasteiger partial charge >= 0.3 is 5.97 Å². The van der Waals surface area contributed by atoms with E-state index in [0.29, 0.717) is 16.9 Å². The standard InChI is InChI=1S/C21H20O5/c1-4-26-19(22)12-18-20(13-5-7-14(24-2)8-6-13)16-10-9-15(25-3)11-17(16)21(18)23/h5-11H,4,12H2,1-3H3. The van der Waals surface area contributed by atoms with Crippen molar-refractivity contribution in [1.82, 2.24) is 0 Å². The lowest BCUT2D eigenvalue weighted by Gasteiger charge is -2.10. The SMILES string of the molecule is CCOC(=O)CC1=C(c2ccc(OC)cc2)c2ccc(OC)cc2C1=O. The number of carbonyl (C=O) groups excluding carboxylic acids is 2. The maximum absolute atomic E-state index is 13.0. The van der Waals surface area contributed by atoms with Crippen molar-refractivity contribution in [3.05, 3.63) is 64.7 Å². The van der Waals surface area contributed by atoms with E-state index in [1.54, 1.807) is 27.2 Å². The predicted molar refractivity (Wildman–Crippen MR) is 97.6 cm³/mol. The summed E-state index contributed by atoms with van der Waals surface area (Å²) in [6.45, 7) is 2.02.